The van der Waals surface area contributed by atoms with Crippen molar-refractivity contribution in [3.63, 3.8) is 0 Å². The third-order valence-electron chi connectivity index (χ3n) is 2.41. The summed E-state index contributed by atoms with van der Waals surface area (Å²) in [5, 5.41) is 6.21. The highest BCUT2D eigenvalue weighted by Gasteiger charge is 2.20. The number of rotatable bonds is 6. The van der Waals surface area contributed by atoms with Crippen molar-refractivity contribution >= 4 is 15.7 Å². The van der Waals surface area contributed by atoms with Crippen molar-refractivity contribution in [3.8, 4) is 0 Å². The minimum atomic E-state index is -3.52. The van der Waals surface area contributed by atoms with Crippen LogP contribution in [0.3, 0.4) is 0 Å². The second-order valence-electron chi connectivity index (χ2n) is 4.34. The summed E-state index contributed by atoms with van der Waals surface area (Å²) in [6.45, 7) is 5.44. The van der Waals surface area contributed by atoms with Gasteiger partial charge in [-0.1, -0.05) is 12.1 Å². The second-order valence-corrected chi connectivity index (χ2v) is 6.41. The molecule has 0 saturated carbocycles. The lowest BCUT2D eigenvalue weighted by molar-refractivity contribution is -0.119. The Bertz CT molecular complexity index is 507. The summed E-state index contributed by atoms with van der Waals surface area (Å²) in [4.78, 5) is 11.5. The fourth-order valence-electron chi connectivity index (χ4n) is 1.37. The molecule has 1 aromatic rings. The molecule has 102 valence electrons. The van der Waals surface area contributed by atoms with Crippen LogP contribution in [0.1, 0.15) is 31.7 Å². The number of nitrogens with one attached hydrogen (secondary N) is 1. The molecular weight excluding hydrogens is 256 g/mol. The number of nitrogens with zero attached hydrogens (tertiary/aromatic N) is 1. The van der Waals surface area contributed by atoms with Crippen molar-refractivity contribution in [2.45, 2.75) is 39.0 Å². The SMILES string of the molecule is CC[C@@H](C)NC(=O)CS(=O)(=O)Cc1cc(C)no1. The zero-order valence-corrected chi connectivity index (χ0v) is 11.6. The van der Waals surface area contributed by atoms with Gasteiger partial charge in [0.1, 0.15) is 11.5 Å². The van der Waals surface area contributed by atoms with Crippen LogP contribution in [0.25, 0.3) is 0 Å². The molecule has 1 atom stereocenters. The summed E-state index contributed by atoms with van der Waals surface area (Å²) >= 11 is 0. The smallest absolute Gasteiger partial charge is 0.235 e. The molecule has 6 nitrogen and oxygen atoms in total. The summed E-state index contributed by atoms with van der Waals surface area (Å²) in [6.07, 6.45) is 0.757. The normalized spacial score (nSPS) is 13.3. The average molecular weight is 274 g/mol. The summed E-state index contributed by atoms with van der Waals surface area (Å²) in [5.74, 6) is -1.07. The van der Waals surface area contributed by atoms with Gasteiger partial charge in [-0.3, -0.25) is 4.79 Å². The maximum Gasteiger partial charge on any atom is 0.235 e. The highest BCUT2D eigenvalue weighted by Crippen LogP contribution is 2.08. The highest BCUT2D eigenvalue weighted by atomic mass is 32.2. The summed E-state index contributed by atoms with van der Waals surface area (Å²) in [7, 11) is -3.52. The molecule has 0 fully saturated rings. The van der Waals surface area contributed by atoms with Crippen LogP contribution in [0, 0.1) is 6.92 Å². The predicted octanol–water partition coefficient (Wildman–Crippen LogP) is 0.813. The van der Waals surface area contributed by atoms with E-state index in [-0.39, 0.29) is 17.6 Å². The van der Waals surface area contributed by atoms with Gasteiger partial charge in [0.25, 0.3) is 0 Å². The topological polar surface area (TPSA) is 89.3 Å². The first-order valence-electron chi connectivity index (χ1n) is 5.74. The Labute approximate surface area is 107 Å². The summed E-state index contributed by atoms with van der Waals surface area (Å²) < 4.78 is 28.3. The van der Waals surface area contributed by atoms with E-state index >= 15 is 0 Å². The van der Waals surface area contributed by atoms with E-state index in [2.05, 4.69) is 10.5 Å². The molecule has 0 unspecified atom stereocenters. The summed E-state index contributed by atoms with van der Waals surface area (Å²) in [5.41, 5.74) is 0.615. The van der Waals surface area contributed by atoms with Crippen molar-refractivity contribution in [3.05, 3.63) is 17.5 Å². The van der Waals surface area contributed by atoms with E-state index in [9.17, 15) is 13.2 Å². The number of aromatic nitrogens is 1. The van der Waals surface area contributed by atoms with Crippen LogP contribution < -0.4 is 5.32 Å². The van der Waals surface area contributed by atoms with Crippen molar-refractivity contribution < 1.29 is 17.7 Å². The van der Waals surface area contributed by atoms with Gasteiger partial charge >= 0.3 is 0 Å². The largest absolute Gasteiger partial charge is 0.360 e. The number of hydrogen-bond acceptors (Lipinski definition) is 5. The number of carbonyl (C=O) groups excluding carboxylic acids is 1. The molecular formula is C11H18N2O4S. The number of hydrogen-bond donors (Lipinski definition) is 1. The lowest BCUT2D eigenvalue weighted by Crippen LogP contribution is -2.36. The fraction of sp³-hybridized carbons (Fsp3) is 0.636. The fourth-order valence-corrected chi connectivity index (χ4v) is 2.52. The number of sulfone groups is 1. The Morgan fingerprint density at radius 2 is 2.22 bits per heavy atom. The van der Waals surface area contributed by atoms with Gasteiger partial charge in [0.15, 0.2) is 15.6 Å². The van der Waals surface area contributed by atoms with Gasteiger partial charge in [0.2, 0.25) is 5.91 Å². The first-order chi connectivity index (χ1) is 8.32. The van der Waals surface area contributed by atoms with E-state index in [0.29, 0.717) is 5.69 Å². The van der Waals surface area contributed by atoms with Crippen LogP contribution in [-0.4, -0.2) is 31.3 Å². The lowest BCUT2D eigenvalue weighted by atomic mass is 10.3. The van der Waals surface area contributed by atoms with E-state index in [0.717, 1.165) is 6.42 Å². The van der Waals surface area contributed by atoms with Gasteiger partial charge in [-0.15, -0.1) is 0 Å². The van der Waals surface area contributed by atoms with Crippen molar-refractivity contribution in [2.24, 2.45) is 0 Å². The molecule has 0 aliphatic carbocycles. The molecule has 1 heterocycles. The molecule has 0 spiro atoms. The maximum atomic E-state index is 11.7. The number of carbonyl (C=O) groups is 1. The van der Waals surface area contributed by atoms with Crippen LogP contribution in [0.2, 0.25) is 0 Å². The molecule has 0 radical (unpaired) electrons. The van der Waals surface area contributed by atoms with Crippen molar-refractivity contribution in [1.82, 2.24) is 10.5 Å². The molecule has 7 heteroatoms. The minimum Gasteiger partial charge on any atom is -0.360 e. The monoisotopic (exact) mass is 274 g/mol. The average Bonchev–Trinajstić information content (AvgIpc) is 2.61. The first-order valence-corrected chi connectivity index (χ1v) is 7.56. The Kier molecular flexibility index (Phi) is 4.89. The van der Waals surface area contributed by atoms with Gasteiger partial charge in [0.05, 0.1) is 5.69 Å². The minimum absolute atomic E-state index is 0.0276. The van der Waals surface area contributed by atoms with E-state index in [1.807, 2.05) is 13.8 Å². The molecule has 0 aromatic carbocycles. The standard InChI is InChI=1S/C11H18N2O4S/c1-4-8(2)12-11(14)7-18(15,16)6-10-5-9(3)13-17-10/h5,8H,4,6-7H2,1-3H3,(H,12,14)/t8-/m1/s1. The predicted molar refractivity (Wildman–Crippen MR) is 66.6 cm³/mol. The molecule has 1 rings (SSSR count). The quantitative estimate of drug-likeness (QED) is 0.829. The highest BCUT2D eigenvalue weighted by molar-refractivity contribution is 7.91. The molecule has 0 aliphatic rings. The Hall–Kier alpha value is -1.37. The molecule has 0 aliphatic heterocycles. The molecule has 1 N–H and O–H groups in total. The maximum absolute atomic E-state index is 11.7. The third kappa shape index (κ3) is 4.87. The van der Waals surface area contributed by atoms with Crippen molar-refractivity contribution in [2.75, 3.05) is 5.75 Å². The second kappa shape index (κ2) is 5.99. The first kappa shape index (κ1) is 14.7. The Morgan fingerprint density at radius 1 is 1.56 bits per heavy atom. The Balaban J connectivity index is 2.57. The molecule has 1 amide bonds. The van der Waals surface area contributed by atoms with Gasteiger partial charge < -0.3 is 9.84 Å². The zero-order chi connectivity index (χ0) is 13.8. The van der Waals surface area contributed by atoms with E-state index in [1.54, 1.807) is 13.0 Å². The van der Waals surface area contributed by atoms with E-state index in [4.69, 9.17) is 4.52 Å². The van der Waals surface area contributed by atoms with Crippen LogP contribution in [0.4, 0.5) is 0 Å². The van der Waals surface area contributed by atoms with Gasteiger partial charge in [-0.25, -0.2) is 8.42 Å². The lowest BCUT2D eigenvalue weighted by Gasteiger charge is -2.10. The molecule has 18 heavy (non-hydrogen) atoms. The molecule has 1 aromatic heterocycles. The third-order valence-corrected chi connectivity index (χ3v) is 3.84. The van der Waals surface area contributed by atoms with E-state index in [1.165, 1.54) is 0 Å². The summed E-state index contributed by atoms with van der Waals surface area (Å²) in [6, 6.07) is 1.52. The van der Waals surface area contributed by atoms with Crippen molar-refractivity contribution in [1.29, 1.82) is 0 Å². The number of aryl methyl sites for hydroxylation is 1. The molecule has 0 bridgehead atoms. The zero-order valence-electron chi connectivity index (χ0n) is 10.8. The Morgan fingerprint density at radius 3 is 2.72 bits per heavy atom. The van der Waals surface area contributed by atoms with E-state index < -0.39 is 21.5 Å². The molecule has 0 saturated heterocycles. The van der Waals surface area contributed by atoms with Gasteiger partial charge in [-0.2, -0.15) is 0 Å². The van der Waals surface area contributed by atoms with Crippen LogP contribution in [0.15, 0.2) is 10.6 Å². The van der Waals surface area contributed by atoms with Gasteiger partial charge in [-0.05, 0) is 20.3 Å². The van der Waals surface area contributed by atoms with Gasteiger partial charge in [0, 0.05) is 12.1 Å². The van der Waals surface area contributed by atoms with Crippen LogP contribution in [0.5, 0.6) is 0 Å². The van der Waals surface area contributed by atoms with Crippen LogP contribution >= 0.6 is 0 Å². The number of amides is 1. The van der Waals surface area contributed by atoms with Crippen LogP contribution in [-0.2, 0) is 20.4 Å².